The summed E-state index contributed by atoms with van der Waals surface area (Å²) in [7, 11) is 1.57. The van der Waals surface area contributed by atoms with Crippen molar-refractivity contribution in [2.45, 2.75) is 27.0 Å². The van der Waals surface area contributed by atoms with E-state index in [1.165, 1.54) is 6.07 Å². The third-order valence-electron chi connectivity index (χ3n) is 4.87. The van der Waals surface area contributed by atoms with Crippen molar-refractivity contribution in [2.75, 3.05) is 13.7 Å². The van der Waals surface area contributed by atoms with Gasteiger partial charge in [0.15, 0.2) is 11.5 Å². The standard InChI is InChI=1S/C23H24N2O5S/c1-4-24(23(26)18-9-7-16(2)20(13-18)25(27)28)14-17-8-10-21(22(12-17)29-3)30-15-19-6-5-11-31-19/h5-13H,4,14-15H2,1-3H3. The van der Waals surface area contributed by atoms with Crippen LogP contribution in [0.1, 0.15) is 33.3 Å². The van der Waals surface area contributed by atoms with Crippen LogP contribution in [0, 0.1) is 17.0 Å². The first kappa shape index (κ1) is 22.3. The molecule has 0 bridgehead atoms. The van der Waals surface area contributed by atoms with Gasteiger partial charge in [-0.05, 0) is 49.1 Å². The number of rotatable bonds is 9. The van der Waals surface area contributed by atoms with Gasteiger partial charge in [-0.1, -0.05) is 18.2 Å². The molecular formula is C23H24N2O5S. The molecule has 0 atom stereocenters. The normalized spacial score (nSPS) is 10.5. The highest BCUT2D eigenvalue weighted by Gasteiger charge is 2.20. The van der Waals surface area contributed by atoms with E-state index in [2.05, 4.69) is 0 Å². The van der Waals surface area contributed by atoms with E-state index in [0.29, 0.717) is 42.3 Å². The third kappa shape index (κ3) is 5.40. The highest BCUT2D eigenvalue weighted by atomic mass is 32.1. The molecule has 0 radical (unpaired) electrons. The van der Waals surface area contributed by atoms with Crippen molar-refractivity contribution in [1.29, 1.82) is 0 Å². The van der Waals surface area contributed by atoms with E-state index in [0.717, 1.165) is 10.4 Å². The molecule has 1 amide bonds. The van der Waals surface area contributed by atoms with Crippen LogP contribution in [-0.2, 0) is 13.2 Å². The molecule has 0 unspecified atom stereocenters. The van der Waals surface area contributed by atoms with Gasteiger partial charge in [-0.15, -0.1) is 11.3 Å². The van der Waals surface area contributed by atoms with Gasteiger partial charge in [-0.2, -0.15) is 0 Å². The topological polar surface area (TPSA) is 81.9 Å². The Hall–Kier alpha value is -3.39. The van der Waals surface area contributed by atoms with Crippen LogP contribution in [0.2, 0.25) is 0 Å². The summed E-state index contributed by atoms with van der Waals surface area (Å²) in [5.41, 5.74) is 1.63. The van der Waals surface area contributed by atoms with Crippen LogP contribution >= 0.6 is 11.3 Å². The highest BCUT2D eigenvalue weighted by Crippen LogP contribution is 2.30. The van der Waals surface area contributed by atoms with Crippen LogP contribution in [0.3, 0.4) is 0 Å². The Labute approximate surface area is 185 Å². The quantitative estimate of drug-likeness (QED) is 0.337. The van der Waals surface area contributed by atoms with Gasteiger partial charge in [-0.25, -0.2) is 0 Å². The van der Waals surface area contributed by atoms with Gasteiger partial charge in [0, 0.05) is 35.2 Å². The molecule has 0 aliphatic rings. The zero-order valence-corrected chi connectivity index (χ0v) is 18.5. The van der Waals surface area contributed by atoms with Crippen molar-refractivity contribution in [2.24, 2.45) is 0 Å². The molecule has 2 aromatic carbocycles. The Morgan fingerprint density at radius 2 is 1.97 bits per heavy atom. The molecule has 1 heterocycles. The molecule has 0 fully saturated rings. The number of carbonyl (C=O) groups excluding carboxylic acids is 1. The highest BCUT2D eigenvalue weighted by molar-refractivity contribution is 7.09. The molecule has 3 aromatic rings. The lowest BCUT2D eigenvalue weighted by atomic mass is 10.1. The maximum Gasteiger partial charge on any atom is 0.273 e. The summed E-state index contributed by atoms with van der Waals surface area (Å²) >= 11 is 1.62. The first-order valence-corrected chi connectivity index (χ1v) is 10.7. The number of nitrogens with zero attached hydrogens (tertiary/aromatic N) is 2. The van der Waals surface area contributed by atoms with Crippen molar-refractivity contribution >= 4 is 22.9 Å². The number of benzene rings is 2. The van der Waals surface area contributed by atoms with Gasteiger partial charge < -0.3 is 14.4 Å². The lowest BCUT2D eigenvalue weighted by molar-refractivity contribution is -0.385. The fourth-order valence-corrected chi connectivity index (χ4v) is 3.76. The number of methoxy groups -OCH3 is 1. The second-order valence-electron chi connectivity index (χ2n) is 6.93. The van der Waals surface area contributed by atoms with E-state index < -0.39 is 4.92 Å². The van der Waals surface area contributed by atoms with Crippen molar-refractivity contribution in [3.63, 3.8) is 0 Å². The average molecular weight is 441 g/mol. The second-order valence-corrected chi connectivity index (χ2v) is 7.96. The fourth-order valence-electron chi connectivity index (χ4n) is 3.14. The summed E-state index contributed by atoms with van der Waals surface area (Å²) in [6, 6.07) is 14.1. The molecule has 1 aromatic heterocycles. The van der Waals surface area contributed by atoms with Gasteiger partial charge in [0.1, 0.15) is 6.61 Å². The Morgan fingerprint density at radius 1 is 1.16 bits per heavy atom. The Morgan fingerprint density at radius 3 is 2.61 bits per heavy atom. The SMILES string of the molecule is CCN(Cc1ccc(OCc2cccs2)c(OC)c1)C(=O)c1ccc(C)c([N+](=O)[O-])c1. The summed E-state index contributed by atoms with van der Waals surface area (Å²) in [4.78, 5) is 26.5. The lowest BCUT2D eigenvalue weighted by Gasteiger charge is -2.22. The van der Waals surface area contributed by atoms with Crippen LogP contribution in [-0.4, -0.2) is 29.4 Å². The van der Waals surface area contributed by atoms with Crippen LogP contribution in [0.5, 0.6) is 11.5 Å². The number of nitro groups is 1. The van der Waals surface area contributed by atoms with Gasteiger partial charge in [0.2, 0.25) is 0 Å². The Bertz CT molecular complexity index is 1070. The number of carbonyl (C=O) groups is 1. The van der Waals surface area contributed by atoms with Crippen LogP contribution in [0.25, 0.3) is 0 Å². The number of aryl methyl sites for hydroxylation is 1. The summed E-state index contributed by atoms with van der Waals surface area (Å²) in [5.74, 6) is 0.953. The van der Waals surface area contributed by atoms with Gasteiger partial charge in [0.25, 0.3) is 11.6 Å². The smallest absolute Gasteiger partial charge is 0.273 e. The van der Waals surface area contributed by atoms with E-state index in [1.807, 2.05) is 42.6 Å². The molecule has 162 valence electrons. The Kier molecular flexibility index (Phi) is 7.25. The van der Waals surface area contributed by atoms with Gasteiger partial charge in [0.05, 0.1) is 12.0 Å². The maximum atomic E-state index is 13.0. The number of ether oxygens (including phenoxy) is 2. The minimum absolute atomic E-state index is 0.0594. The van der Waals surface area contributed by atoms with E-state index in [-0.39, 0.29) is 11.6 Å². The predicted molar refractivity (Wildman–Crippen MR) is 120 cm³/mol. The summed E-state index contributed by atoms with van der Waals surface area (Å²) in [6.07, 6.45) is 0. The minimum Gasteiger partial charge on any atom is -0.493 e. The molecule has 0 aliphatic heterocycles. The molecule has 0 N–H and O–H groups in total. The average Bonchev–Trinajstić information content (AvgIpc) is 3.29. The summed E-state index contributed by atoms with van der Waals surface area (Å²) in [5, 5.41) is 13.2. The van der Waals surface area contributed by atoms with Gasteiger partial charge in [-0.3, -0.25) is 14.9 Å². The summed E-state index contributed by atoms with van der Waals surface area (Å²) < 4.78 is 11.3. The molecule has 0 saturated carbocycles. The molecule has 0 spiro atoms. The van der Waals surface area contributed by atoms with Crippen LogP contribution in [0.15, 0.2) is 53.9 Å². The molecule has 31 heavy (non-hydrogen) atoms. The third-order valence-corrected chi connectivity index (χ3v) is 5.72. The molecule has 0 saturated heterocycles. The molecule has 8 heteroatoms. The molecular weight excluding hydrogens is 416 g/mol. The number of amides is 1. The molecule has 7 nitrogen and oxygen atoms in total. The second kappa shape index (κ2) is 10.1. The first-order chi connectivity index (χ1) is 14.9. The predicted octanol–water partition coefficient (Wildman–Crippen LogP) is 5.21. The first-order valence-electron chi connectivity index (χ1n) is 9.79. The van der Waals surface area contributed by atoms with Crippen LogP contribution in [0.4, 0.5) is 5.69 Å². The number of hydrogen-bond donors (Lipinski definition) is 0. The molecule has 0 aliphatic carbocycles. The number of hydrogen-bond acceptors (Lipinski definition) is 6. The van der Waals surface area contributed by atoms with Crippen molar-refractivity contribution in [3.8, 4) is 11.5 Å². The van der Waals surface area contributed by atoms with Crippen molar-refractivity contribution < 1.29 is 19.2 Å². The van der Waals surface area contributed by atoms with E-state index in [9.17, 15) is 14.9 Å². The minimum atomic E-state index is -0.470. The van der Waals surface area contributed by atoms with Crippen LogP contribution < -0.4 is 9.47 Å². The van der Waals surface area contributed by atoms with E-state index in [4.69, 9.17) is 9.47 Å². The largest absolute Gasteiger partial charge is 0.493 e. The molecule has 3 rings (SSSR count). The van der Waals surface area contributed by atoms with Crippen molar-refractivity contribution in [3.05, 3.63) is 85.6 Å². The monoisotopic (exact) mass is 440 g/mol. The fraction of sp³-hybridized carbons (Fsp3) is 0.261. The van der Waals surface area contributed by atoms with E-state index >= 15 is 0 Å². The Balaban J connectivity index is 1.75. The summed E-state index contributed by atoms with van der Waals surface area (Å²) in [6.45, 7) is 4.78. The van der Waals surface area contributed by atoms with E-state index in [1.54, 1.807) is 42.4 Å². The maximum absolute atomic E-state index is 13.0. The number of thiophene rings is 1. The van der Waals surface area contributed by atoms with Gasteiger partial charge >= 0.3 is 0 Å². The zero-order chi connectivity index (χ0) is 22.4. The zero-order valence-electron chi connectivity index (χ0n) is 17.7. The number of nitro benzene ring substituents is 1. The van der Waals surface area contributed by atoms with Crippen molar-refractivity contribution in [1.82, 2.24) is 4.90 Å². The lowest BCUT2D eigenvalue weighted by Crippen LogP contribution is -2.30.